The maximum Gasteiger partial charge on any atom is 0.345 e. The molecule has 0 fully saturated rings. The average molecular weight is 198 g/mol. The zero-order chi connectivity index (χ0) is 9.97. The Morgan fingerprint density at radius 3 is 2.86 bits per heavy atom. The molecule has 74 valence electrons. The van der Waals surface area contributed by atoms with Crippen LogP contribution in [0.5, 0.6) is 0 Å². The lowest BCUT2D eigenvalue weighted by Crippen LogP contribution is -2.00. The quantitative estimate of drug-likeness (QED) is 0.821. The fourth-order valence-electron chi connectivity index (χ4n) is 1.22. The molecule has 0 unspecified atom stereocenters. The molecule has 1 aromatic heterocycles. The maximum atomic E-state index is 11.7. The molecule has 0 atom stereocenters. The third-order valence-electron chi connectivity index (χ3n) is 1.78. The second-order valence-corrected chi connectivity index (χ2v) is 2.77. The number of alkyl halides is 2. The molecule has 0 amide bonds. The normalized spacial score (nSPS) is 11.4. The second kappa shape index (κ2) is 3.71. The summed E-state index contributed by atoms with van der Waals surface area (Å²) in [6.45, 7) is -2.96. The fourth-order valence-corrected chi connectivity index (χ4v) is 1.22. The molecule has 0 radical (unpaired) electrons. The van der Waals surface area contributed by atoms with Gasteiger partial charge in [0.15, 0.2) is 0 Å². The molecule has 0 aliphatic heterocycles. The van der Waals surface area contributed by atoms with Crippen LogP contribution in [0.1, 0.15) is 5.82 Å². The summed E-state index contributed by atoms with van der Waals surface area (Å²) in [5.41, 5.74) is 1.57. The van der Waals surface area contributed by atoms with Crippen LogP contribution in [0.25, 0.3) is 11.0 Å². The van der Waals surface area contributed by atoms with Crippen molar-refractivity contribution >= 4 is 11.0 Å². The highest BCUT2D eigenvalue weighted by atomic mass is 19.3. The Morgan fingerprint density at radius 2 is 2.14 bits per heavy atom. The van der Waals surface area contributed by atoms with Gasteiger partial charge in [-0.1, -0.05) is 12.1 Å². The number of halogens is 2. The van der Waals surface area contributed by atoms with E-state index in [2.05, 4.69) is 14.7 Å². The molecule has 0 saturated heterocycles. The van der Waals surface area contributed by atoms with Gasteiger partial charge in [0.2, 0.25) is 0 Å². The molecule has 0 aliphatic rings. The number of ether oxygens (including phenoxy) is 1. The number of hydrogen-bond acceptors (Lipinski definition) is 2. The number of para-hydroxylation sites is 2. The summed E-state index contributed by atoms with van der Waals surface area (Å²) in [4.78, 5) is 6.95. The lowest BCUT2D eigenvalue weighted by Gasteiger charge is -1.97. The van der Waals surface area contributed by atoms with Crippen molar-refractivity contribution in [3.8, 4) is 0 Å². The molecule has 3 nitrogen and oxygen atoms in total. The van der Waals surface area contributed by atoms with Gasteiger partial charge in [-0.05, 0) is 12.1 Å². The summed E-state index contributed by atoms with van der Waals surface area (Å²) in [6.07, 6.45) is 0. The molecule has 5 heteroatoms. The van der Waals surface area contributed by atoms with E-state index in [1.54, 1.807) is 6.07 Å². The van der Waals surface area contributed by atoms with Gasteiger partial charge in [-0.25, -0.2) is 4.98 Å². The molecule has 0 saturated carbocycles. The molecule has 0 spiro atoms. The van der Waals surface area contributed by atoms with Crippen molar-refractivity contribution in [3.05, 3.63) is 30.1 Å². The summed E-state index contributed by atoms with van der Waals surface area (Å²) in [5.74, 6) is 0.409. The first kappa shape index (κ1) is 9.08. The third kappa shape index (κ3) is 1.88. The molecule has 2 rings (SSSR count). The summed E-state index contributed by atoms with van der Waals surface area (Å²) in [6, 6.07) is 7.31. The van der Waals surface area contributed by atoms with Crippen molar-refractivity contribution in [2.24, 2.45) is 0 Å². The first-order valence-corrected chi connectivity index (χ1v) is 4.09. The third-order valence-corrected chi connectivity index (χ3v) is 1.78. The predicted molar refractivity (Wildman–Crippen MR) is 46.9 cm³/mol. The van der Waals surface area contributed by atoms with Crippen molar-refractivity contribution in [1.29, 1.82) is 0 Å². The van der Waals surface area contributed by atoms with Gasteiger partial charge in [0.05, 0.1) is 11.0 Å². The monoisotopic (exact) mass is 198 g/mol. The van der Waals surface area contributed by atoms with Crippen LogP contribution in [0.4, 0.5) is 8.78 Å². The van der Waals surface area contributed by atoms with Crippen LogP contribution in [-0.2, 0) is 11.3 Å². The lowest BCUT2D eigenvalue weighted by molar-refractivity contribution is -0.138. The number of nitrogens with one attached hydrogen (secondary N) is 1. The molecular weight excluding hydrogens is 190 g/mol. The number of H-pyrrole nitrogens is 1. The van der Waals surface area contributed by atoms with Crippen molar-refractivity contribution < 1.29 is 13.5 Å². The van der Waals surface area contributed by atoms with E-state index in [1.807, 2.05) is 18.2 Å². The van der Waals surface area contributed by atoms with E-state index in [9.17, 15) is 8.78 Å². The number of hydrogen-bond donors (Lipinski definition) is 1. The molecule has 2 aromatic rings. The zero-order valence-electron chi connectivity index (χ0n) is 7.21. The van der Waals surface area contributed by atoms with Crippen molar-refractivity contribution in [2.45, 2.75) is 13.2 Å². The highest BCUT2D eigenvalue weighted by Gasteiger charge is 2.05. The van der Waals surface area contributed by atoms with E-state index < -0.39 is 6.61 Å². The van der Waals surface area contributed by atoms with Crippen LogP contribution >= 0.6 is 0 Å². The van der Waals surface area contributed by atoms with E-state index in [4.69, 9.17) is 0 Å². The molecule has 1 heterocycles. The Morgan fingerprint density at radius 1 is 1.36 bits per heavy atom. The van der Waals surface area contributed by atoms with Crippen molar-refractivity contribution in [2.75, 3.05) is 0 Å². The Labute approximate surface area is 78.7 Å². The number of nitrogens with zero attached hydrogens (tertiary/aromatic N) is 1. The lowest BCUT2D eigenvalue weighted by atomic mass is 10.3. The summed E-state index contributed by atoms with van der Waals surface area (Å²) in [5, 5.41) is 0. The average Bonchev–Trinajstić information content (AvgIpc) is 2.57. The minimum absolute atomic E-state index is 0.202. The number of imidazole rings is 1. The van der Waals surface area contributed by atoms with Gasteiger partial charge < -0.3 is 9.72 Å². The van der Waals surface area contributed by atoms with E-state index in [0.717, 1.165) is 11.0 Å². The van der Waals surface area contributed by atoms with Gasteiger partial charge in [-0.3, -0.25) is 0 Å². The van der Waals surface area contributed by atoms with Gasteiger partial charge in [-0.2, -0.15) is 8.78 Å². The second-order valence-electron chi connectivity index (χ2n) is 2.77. The number of fused-ring (bicyclic) bond motifs is 1. The van der Waals surface area contributed by atoms with Crippen LogP contribution in [0.3, 0.4) is 0 Å². The molecule has 0 bridgehead atoms. The van der Waals surface area contributed by atoms with E-state index in [1.165, 1.54) is 0 Å². The Balaban J connectivity index is 2.19. The number of aromatic amines is 1. The molecule has 0 aliphatic carbocycles. The maximum absolute atomic E-state index is 11.7. The van der Waals surface area contributed by atoms with Gasteiger partial charge >= 0.3 is 6.61 Å². The molecule has 1 N–H and O–H groups in total. The highest BCUT2D eigenvalue weighted by molar-refractivity contribution is 5.74. The van der Waals surface area contributed by atoms with Crippen LogP contribution in [-0.4, -0.2) is 16.6 Å². The smallest absolute Gasteiger partial charge is 0.340 e. The SMILES string of the molecule is FC(F)OCc1nc2ccccc2[nH]1. The minimum atomic E-state index is -2.76. The van der Waals surface area contributed by atoms with Crippen LogP contribution in [0.2, 0.25) is 0 Å². The number of benzene rings is 1. The van der Waals surface area contributed by atoms with E-state index in [0.29, 0.717) is 5.82 Å². The van der Waals surface area contributed by atoms with Crippen molar-refractivity contribution in [1.82, 2.24) is 9.97 Å². The number of rotatable bonds is 3. The van der Waals surface area contributed by atoms with Crippen LogP contribution in [0.15, 0.2) is 24.3 Å². The molecule has 14 heavy (non-hydrogen) atoms. The minimum Gasteiger partial charge on any atom is -0.340 e. The van der Waals surface area contributed by atoms with Crippen LogP contribution in [0, 0.1) is 0 Å². The van der Waals surface area contributed by atoms with E-state index >= 15 is 0 Å². The predicted octanol–water partition coefficient (Wildman–Crippen LogP) is 2.30. The largest absolute Gasteiger partial charge is 0.345 e. The first-order valence-electron chi connectivity index (χ1n) is 4.09. The van der Waals surface area contributed by atoms with Gasteiger partial charge in [0.1, 0.15) is 12.4 Å². The van der Waals surface area contributed by atoms with Gasteiger partial charge in [-0.15, -0.1) is 0 Å². The Hall–Kier alpha value is -1.49. The van der Waals surface area contributed by atoms with Crippen molar-refractivity contribution in [3.63, 3.8) is 0 Å². The van der Waals surface area contributed by atoms with Crippen LogP contribution < -0.4 is 0 Å². The fraction of sp³-hybridized carbons (Fsp3) is 0.222. The molecular formula is C9H8F2N2O. The first-order chi connectivity index (χ1) is 6.75. The standard InChI is InChI=1S/C9H8F2N2O/c10-9(11)14-5-8-12-6-3-1-2-4-7(6)13-8/h1-4,9H,5H2,(H,12,13). The van der Waals surface area contributed by atoms with Gasteiger partial charge in [0, 0.05) is 0 Å². The zero-order valence-corrected chi connectivity index (χ0v) is 7.21. The topological polar surface area (TPSA) is 37.9 Å². The van der Waals surface area contributed by atoms with E-state index in [-0.39, 0.29) is 6.61 Å². The Kier molecular flexibility index (Phi) is 2.41. The highest BCUT2D eigenvalue weighted by Crippen LogP contribution is 2.11. The molecule has 1 aromatic carbocycles. The summed E-state index contributed by atoms with van der Waals surface area (Å²) in [7, 11) is 0. The summed E-state index contributed by atoms with van der Waals surface area (Å²) >= 11 is 0. The Bertz CT molecular complexity index is 394. The van der Waals surface area contributed by atoms with Gasteiger partial charge in [0.25, 0.3) is 0 Å². The number of aromatic nitrogens is 2. The summed E-state index contributed by atoms with van der Waals surface area (Å²) < 4.78 is 27.6.